The minimum atomic E-state index is -0.353. The lowest BCUT2D eigenvalue weighted by molar-refractivity contribution is 0.0974. The molecule has 0 aliphatic carbocycles. The van der Waals surface area contributed by atoms with Crippen LogP contribution in [-0.4, -0.2) is 46.8 Å². The molecule has 0 radical (unpaired) electrons. The molecule has 6 nitrogen and oxygen atoms in total. The van der Waals surface area contributed by atoms with E-state index in [4.69, 9.17) is 10.5 Å². The zero-order valence-corrected chi connectivity index (χ0v) is 15.5. The fourth-order valence-electron chi connectivity index (χ4n) is 3.74. The summed E-state index contributed by atoms with van der Waals surface area (Å²) >= 11 is 1.25. The summed E-state index contributed by atoms with van der Waals surface area (Å²) in [5.74, 6) is 0.494. The molecule has 2 saturated heterocycles. The molecule has 2 fully saturated rings. The predicted octanol–water partition coefficient (Wildman–Crippen LogP) is 2.49. The molecule has 1 spiro atoms. The predicted molar refractivity (Wildman–Crippen MR) is 97.6 cm³/mol. The van der Waals surface area contributed by atoms with Crippen LogP contribution in [0.25, 0.3) is 0 Å². The Labute approximate surface area is 156 Å². The standard InChI is InChI=1S/C18H22FN5OS/c1-12-17(20)18(11-25-12)3-6-24(7-4-18)15-9-23-16(10-22-15)26-14-2-5-21-8-13(14)19/h2,5,8-10,12,17H,3-4,6-7,11,20H2,1H3/t12-,17+/m0/s1. The van der Waals surface area contributed by atoms with E-state index in [1.54, 1.807) is 24.7 Å². The van der Waals surface area contributed by atoms with Gasteiger partial charge in [-0.2, -0.15) is 0 Å². The number of halogens is 1. The second kappa shape index (κ2) is 7.09. The van der Waals surface area contributed by atoms with E-state index in [-0.39, 0.29) is 23.4 Å². The number of hydrogen-bond donors (Lipinski definition) is 1. The summed E-state index contributed by atoms with van der Waals surface area (Å²) in [7, 11) is 0. The van der Waals surface area contributed by atoms with Gasteiger partial charge in [0.05, 0.1) is 36.2 Å². The molecule has 4 rings (SSSR count). The van der Waals surface area contributed by atoms with E-state index in [0.29, 0.717) is 9.92 Å². The Kier molecular flexibility index (Phi) is 4.81. The molecule has 0 amide bonds. The fraction of sp³-hybridized carbons (Fsp3) is 0.500. The molecule has 8 heteroatoms. The van der Waals surface area contributed by atoms with Crippen molar-refractivity contribution in [3.63, 3.8) is 0 Å². The first kappa shape index (κ1) is 17.6. The van der Waals surface area contributed by atoms with Gasteiger partial charge in [-0.1, -0.05) is 11.8 Å². The second-order valence-corrected chi connectivity index (χ2v) is 8.07. The number of rotatable bonds is 3. The SMILES string of the molecule is C[C@@H]1OCC2(CCN(c3cnc(Sc4ccncc4F)cn3)CC2)[C@@H]1N. The van der Waals surface area contributed by atoms with Crippen LogP contribution in [0.5, 0.6) is 0 Å². The van der Waals surface area contributed by atoms with Gasteiger partial charge in [0.25, 0.3) is 0 Å². The number of pyridine rings is 1. The molecule has 4 heterocycles. The quantitative estimate of drug-likeness (QED) is 0.883. The number of nitrogens with zero attached hydrogens (tertiary/aromatic N) is 4. The fourth-order valence-corrected chi connectivity index (χ4v) is 4.45. The third-order valence-electron chi connectivity index (χ3n) is 5.49. The molecule has 0 unspecified atom stereocenters. The molecule has 2 aliphatic heterocycles. The van der Waals surface area contributed by atoms with E-state index in [2.05, 4.69) is 26.8 Å². The van der Waals surface area contributed by atoms with E-state index in [0.717, 1.165) is 38.4 Å². The highest BCUT2D eigenvalue weighted by Crippen LogP contribution is 2.41. The van der Waals surface area contributed by atoms with Crippen molar-refractivity contribution in [1.29, 1.82) is 0 Å². The number of hydrogen-bond acceptors (Lipinski definition) is 7. The van der Waals surface area contributed by atoms with Crippen LogP contribution in [0.3, 0.4) is 0 Å². The Bertz CT molecular complexity index is 766. The number of anilines is 1. The zero-order valence-electron chi connectivity index (χ0n) is 14.6. The number of nitrogens with two attached hydrogens (primary N) is 1. The van der Waals surface area contributed by atoms with Gasteiger partial charge in [-0.05, 0) is 25.8 Å². The maximum absolute atomic E-state index is 13.7. The smallest absolute Gasteiger partial charge is 0.155 e. The van der Waals surface area contributed by atoms with Gasteiger partial charge in [-0.15, -0.1) is 0 Å². The molecule has 0 bridgehead atoms. The Balaban J connectivity index is 1.40. The average Bonchev–Trinajstić information content (AvgIpc) is 2.94. The maximum Gasteiger partial charge on any atom is 0.155 e. The second-order valence-electron chi connectivity index (χ2n) is 7.01. The van der Waals surface area contributed by atoms with Gasteiger partial charge in [0, 0.05) is 30.7 Å². The molecule has 0 aromatic carbocycles. The van der Waals surface area contributed by atoms with Crippen molar-refractivity contribution in [1.82, 2.24) is 15.0 Å². The topological polar surface area (TPSA) is 77.2 Å². The molecule has 2 aromatic rings. The van der Waals surface area contributed by atoms with Crippen LogP contribution in [0.15, 0.2) is 40.8 Å². The highest BCUT2D eigenvalue weighted by molar-refractivity contribution is 7.99. The van der Waals surface area contributed by atoms with Gasteiger partial charge >= 0.3 is 0 Å². The summed E-state index contributed by atoms with van der Waals surface area (Å²) in [6.07, 6.45) is 8.34. The van der Waals surface area contributed by atoms with Crippen molar-refractivity contribution in [2.45, 2.75) is 41.8 Å². The summed E-state index contributed by atoms with van der Waals surface area (Å²) in [5.41, 5.74) is 6.46. The molecule has 26 heavy (non-hydrogen) atoms. The lowest BCUT2D eigenvalue weighted by Crippen LogP contribution is -2.50. The van der Waals surface area contributed by atoms with Gasteiger partial charge in [-0.3, -0.25) is 4.98 Å². The Morgan fingerprint density at radius 2 is 2.08 bits per heavy atom. The van der Waals surface area contributed by atoms with Crippen molar-refractivity contribution >= 4 is 17.6 Å². The number of ether oxygens (including phenoxy) is 1. The monoisotopic (exact) mass is 375 g/mol. The summed E-state index contributed by atoms with van der Waals surface area (Å²) in [5, 5.41) is 0.660. The van der Waals surface area contributed by atoms with Crippen LogP contribution < -0.4 is 10.6 Å². The van der Waals surface area contributed by atoms with Crippen LogP contribution in [0.4, 0.5) is 10.2 Å². The molecule has 2 N–H and O–H groups in total. The van der Waals surface area contributed by atoms with Crippen molar-refractivity contribution in [2.75, 3.05) is 24.6 Å². The minimum absolute atomic E-state index is 0.0952. The first-order valence-corrected chi connectivity index (χ1v) is 9.61. The number of piperidine rings is 1. The number of aromatic nitrogens is 3. The highest BCUT2D eigenvalue weighted by atomic mass is 32.2. The van der Waals surface area contributed by atoms with Gasteiger partial charge in [-0.25, -0.2) is 14.4 Å². The summed E-state index contributed by atoms with van der Waals surface area (Å²) in [6.45, 7) is 4.59. The van der Waals surface area contributed by atoms with Crippen molar-refractivity contribution < 1.29 is 9.13 Å². The van der Waals surface area contributed by atoms with Crippen LogP contribution in [0.1, 0.15) is 19.8 Å². The van der Waals surface area contributed by atoms with Crippen LogP contribution >= 0.6 is 11.8 Å². The molecular weight excluding hydrogens is 353 g/mol. The summed E-state index contributed by atoms with van der Waals surface area (Å²) in [4.78, 5) is 15.4. The van der Waals surface area contributed by atoms with Gasteiger partial charge in [0.1, 0.15) is 10.8 Å². The first-order valence-electron chi connectivity index (χ1n) is 8.79. The molecule has 138 valence electrons. The molecule has 2 atom stereocenters. The molecule has 2 aliphatic rings. The van der Waals surface area contributed by atoms with Crippen molar-refractivity contribution in [2.24, 2.45) is 11.1 Å². The van der Waals surface area contributed by atoms with Gasteiger partial charge in [0.2, 0.25) is 0 Å². The first-order chi connectivity index (χ1) is 12.6. The van der Waals surface area contributed by atoms with Gasteiger partial charge < -0.3 is 15.4 Å². The third-order valence-corrected chi connectivity index (χ3v) is 6.46. The zero-order chi connectivity index (χ0) is 18.1. The normalized spacial score (nSPS) is 25.0. The van der Waals surface area contributed by atoms with Crippen LogP contribution in [-0.2, 0) is 4.74 Å². The maximum atomic E-state index is 13.7. The summed E-state index contributed by atoms with van der Waals surface area (Å²) in [6, 6.07) is 1.73. The van der Waals surface area contributed by atoms with E-state index in [1.807, 2.05) is 0 Å². The Morgan fingerprint density at radius 1 is 1.27 bits per heavy atom. The van der Waals surface area contributed by atoms with Crippen LogP contribution in [0, 0.1) is 11.2 Å². The van der Waals surface area contributed by atoms with E-state index in [9.17, 15) is 4.39 Å². The van der Waals surface area contributed by atoms with Crippen molar-refractivity contribution in [3.8, 4) is 0 Å². The highest BCUT2D eigenvalue weighted by Gasteiger charge is 2.47. The van der Waals surface area contributed by atoms with E-state index >= 15 is 0 Å². The molecule has 0 saturated carbocycles. The van der Waals surface area contributed by atoms with Crippen molar-refractivity contribution in [3.05, 3.63) is 36.7 Å². The Morgan fingerprint density at radius 3 is 2.69 bits per heavy atom. The molecular formula is C18H22FN5OS. The minimum Gasteiger partial charge on any atom is -0.376 e. The van der Waals surface area contributed by atoms with Gasteiger partial charge in [0.15, 0.2) is 5.82 Å². The lowest BCUT2D eigenvalue weighted by atomic mass is 9.73. The largest absolute Gasteiger partial charge is 0.376 e. The average molecular weight is 375 g/mol. The Hall–Kier alpha value is -1.77. The third kappa shape index (κ3) is 3.28. The van der Waals surface area contributed by atoms with E-state index < -0.39 is 0 Å². The lowest BCUT2D eigenvalue weighted by Gasteiger charge is -2.41. The van der Waals surface area contributed by atoms with Crippen LogP contribution in [0.2, 0.25) is 0 Å². The summed E-state index contributed by atoms with van der Waals surface area (Å²) < 4.78 is 19.5. The van der Waals surface area contributed by atoms with E-state index in [1.165, 1.54) is 18.0 Å². The molecule has 2 aromatic heterocycles.